The van der Waals surface area contributed by atoms with Crippen LogP contribution in [0, 0.1) is 0 Å². The second-order valence-corrected chi connectivity index (χ2v) is 6.75. The minimum Gasteiger partial charge on any atom is -0.391 e. The Labute approximate surface area is 151 Å². The summed E-state index contributed by atoms with van der Waals surface area (Å²) in [5, 5.41) is 16.0. The van der Waals surface area contributed by atoms with Crippen LogP contribution < -0.4 is 0 Å². The van der Waals surface area contributed by atoms with Crippen LogP contribution >= 0.6 is 0 Å². The summed E-state index contributed by atoms with van der Waals surface area (Å²) >= 11 is 0. The number of nitrogens with zero attached hydrogens (tertiary/aromatic N) is 5. The number of aliphatic hydroxyl groups is 1. The summed E-state index contributed by atoms with van der Waals surface area (Å²) in [6.45, 7) is 3.89. The van der Waals surface area contributed by atoms with E-state index in [0.717, 1.165) is 17.4 Å². The highest BCUT2D eigenvalue weighted by atomic mass is 16.3. The fourth-order valence-electron chi connectivity index (χ4n) is 3.71. The molecule has 0 spiro atoms. The lowest BCUT2D eigenvalue weighted by molar-refractivity contribution is 0.0751. The van der Waals surface area contributed by atoms with E-state index < -0.39 is 6.10 Å². The van der Waals surface area contributed by atoms with Crippen molar-refractivity contribution in [2.45, 2.75) is 38.5 Å². The lowest BCUT2D eigenvalue weighted by Crippen LogP contribution is -2.32. The maximum atomic E-state index is 12.8. The molecule has 1 aliphatic rings. The molecule has 1 N–H and O–H groups in total. The van der Waals surface area contributed by atoms with Gasteiger partial charge in [0.05, 0.1) is 35.6 Å². The highest BCUT2D eigenvalue weighted by molar-refractivity contribution is 5.93. The molecular formula is C19H23N5O2. The summed E-state index contributed by atoms with van der Waals surface area (Å²) in [5.41, 5.74) is 1.62. The van der Waals surface area contributed by atoms with Crippen LogP contribution in [0.4, 0.5) is 0 Å². The minimum atomic E-state index is -0.498. The van der Waals surface area contributed by atoms with Crippen molar-refractivity contribution >= 4 is 16.8 Å². The fourth-order valence-corrected chi connectivity index (χ4v) is 3.71. The van der Waals surface area contributed by atoms with Gasteiger partial charge in [-0.3, -0.25) is 14.5 Å². The quantitative estimate of drug-likeness (QED) is 0.782. The number of carbonyl (C=O) groups excluding carboxylic acids is 1. The summed E-state index contributed by atoms with van der Waals surface area (Å²) in [5.74, 6) is -0.0171. The predicted molar refractivity (Wildman–Crippen MR) is 97.8 cm³/mol. The Balaban J connectivity index is 1.54. The Bertz CT molecular complexity index is 915. The van der Waals surface area contributed by atoms with Gasteiger partial charge in [0.15, 0.2) is 0 Å². The number of aryl methyl sites for hydroxylation is 1. The topological polar surface area (TPSA) is 76.2 Å². The largest absolute Gasteiger partial charge is 0.391 e. The van der Waals surface area contributed by atoms with Gasteiger partial charge in [0.1, 0.15) is 0 Å². The molecule has 136 valence electrons. The molecule has 0 aliphatic carbocycles. The van der Waals surface area contributed by atoms with E-state index in [4.69, 9.17) is 0 Å². The number of likely N-dealkylation sites (tertiary alicyclic amines) is 1. The Hall–Kier alpha value is -2.67. The summed E-state index contributed by atoms with van der Waals surface area (Å²) in [7, 11) is 0. The van der Waals surface area contributed by atoms with Gasteiger partial charge < -0.3 is 14.6 Å². The summed E-state index contributed by atoms with van der Waals surface area (Å²) in [4.78, 5) is 18.8. The van der Waals surface area contributed by atoms with Gasteiger partial charge in [-0.05, 0) is 31.9 Å². The first-order valence-electron chi connectivity index (χ1n) is 9.07. The summed E-state index contributed by atoms with van der Waals surface area (Å²) in [6.07, 6.45) is 9.76. The van der Waals surface area contributed by atoms with Gasteiger partial charge in [-0.15, -0.1) is 0 Å². The van der Waals surface area contributed by atoms with Crippen molar-refractivity contribution in [3.05, 3.63) is 48.7 Å². The number of hydrogen-bond donors (Lipinski definition) is 1. The molecule has 0 bridgehead atoms. The average Bonchev–Trinajstić information content (AvgIpc) is 3.27. The van der Waals surface area contributed by atoms with Gasteiger partial charge in [-0.2, -0.15) is 5.10 Å². The maximum absolute atomic E-state index is 12.8. The van der Waals surface area contributed by atoms with E-state index in [0.29, 0.717) is 31.5 Å². The van der Waals surface area contributed by atoms with Crippen LogP contribution in [0.5, 0.6) is 0 Å². The Morgan fingerprint density at radius 3 is 2.92 bits per heavy atom. The fraction of sp³-hybridized carbons (Fsp3) is 0.421. The number of fused-ring (bicyclic) bond motifs is 1. The minimum absolute atomic E-state index is 0.0171. The van der Waals surface area contributed by atoms with E-state index in [1.807, 2.05) is 36.4 Å². The molecule has 26 heavy (non-hydrogen) atoms. The molecule has 4 heterocycles. The second-order valence-electron chi connectivity index (χ2n) is 6.75. The molecule has 3 aromatic rings. The van der Waals surface area contributed by atoms with Gasteiger partial charge in [0, 0.05) is 43.6 Å². The molecule has 1 amide bonds. The lowest BCUT2D eigenvalue weighted by atomic mass is 10.1. The molecule has 3 aromatic heterocycles. The van der Waals surface area contributed by atoms with E-state index in [2.05, 4.69) is 14.6 Å². The van der Waals surface area contributed by atoms with Crippen LogP contribution in [-0.2, 0) is 6.54 Å². The van der Waals surface area contributed by atoms with Crippen LogP contribution in [0.15, 0.2) is 43.1 Å². The van der Waals surface area contributed by atoms with Crippen LogP contribution in [0.1, 0.15) is 36.2 Å². The SMILES string of the molecule is CCn1cc(C(=O)N2CC[C@H](O)[C@@H](n3ccc4ccncc43)CC2)cn1. The second kappa shape index (κ2) is 6.92. The molecular weight excluding hydrogens is 330 g/mol. The van der Waals surface area contributed by atoms with Crippen molar-refractivity contribution < 1.29 is 9.90 Å². The first kappa shape index (κ1) is 16.8. The monoisotopic (exact) mass is 353 g/mol. The van der Waals surface area contributed by atoms with E-state index in [1.165, 1.54) is 0 Å². The third kappa shape index (κ3) is 2.99. The smallest absolute Gasteiger partial charge is 0.257 e. The Kier molecular flexibility index (Phi) is 4.46. The van der Waals surface area contributed by atoms with E-state index in [-0.39, 0.29) is 11.9 Å². The molecule has 0 radical (unpaired) electrons. The van der Waals surface area contributed by atoms with E-state index in [1.54, 1.807) is 23.3 Å². The van der Waals surface area contributed by atoms with Crippen molar-refractivity contribution in [1.29, 1.82) is 0 Å². The van der Waals surface area contributed by atoms with Gasteiger partial charge in [-0.1, -0.05) is 0 Å². The van der Waals surface area contributed by atoms with E-state index in [9.17, 15) is 9.90 Å². The molecule has 0 aromatic carbocycles. The number of carbonyl (C=O) groups is 1. The number of pyridine rings is 1. The first-order chi connectivity index (χ1) is 12.7. The third-order valence-corrected chi connectivity index (χ3v) is 5.21. The molecule has 1 fully saturated rings. The first-order valence-corrected chi connectivity index (χ1v) is 9.07. The molecule has 7 nitrogen and oxygen atoms in total. The molecule has 4 rings (SSSR count). The Morgan fingerprint density at radius 2 is 2.12 bits per heavy atom. The van der Waals surface area contributed by atoms with Crippen molar-refractivity contribution in [3.8, 4) is 0 Å². The van der Waals surface area contributed by atoms with Crippen molar-refractivity contribution in [2.75, 3.05) is 13.1 Å². The zero-order valence-corrected chi connectivity index (χ0v) is 14.8. The summed E-state index contributed by atoms with van der Waals surface area (Å²) in [6, 6.07) is 3.94. The number of hydrogen-bond acceptors (Lipinski definition) is 4. The lowest BCUT2D eigenvalue weighted by Gasteiger charge is -2.23. The van der Waals surface area contributed by atoms with Gasteiger partial charge in [0.25, 0.3) is 5.91 Å². The Morgan fingerprint density at radius 1 is 1.27 bits per heavy atom. The van der Waals surface area contributed by atoms with E-state index >= 15 is 0 Å². The number of aromatic nitrogens is 4. The molecule has 1 saturated heterocycles. The maximum Gasteiger partial charge on any atom is 0.257 e. The number of aliphatic hydroxyl groups excluding tert-OH is 1. The molecule has 0 unspecified atom stereocenters. The van der Waals surface area contributed by atoms with Crippen LogP contribution in [0.3, 0.4) is 0 Å². The predicted octanol–water partition coefficient (Wildman–Crippen LogP) is 2.09. The normalized spacial score (nSPS) is 21.1. The van der Waals surface area contributed by atoms with Crippen molar-refractivity contribution in [1.82, 2.24) is 24.2 Å². The number of amides is 1. The van der Waals surface area contributed by atoms with Crippen LogP contribution in [0.25, 0.3) is 10.9 Å². The summed E-state index contributed by atoms with van der Waals surface area (Å²) < 4.78 is 3.84. The van der Waals surface area contributed by atoms with Gasteiger partial charge >= 0.3 is 0 Å². The van der Waals surface area contributed by atoms with Crippen LogP contribution in [0.2, 0.25) is 0 Å². The van der Waals surface area contributed by atoms with Gasteiger partial charge in [-0.25, -0.2) is 0 Å². The zero-order chi connectivity index (χ0) is 18.1. The highest BCUT2D eigenvalue weighted by Gasteiger charge is 2.29. The van der Waals surface area contributed by atoms with Crippen LogP contribution in [-0.4, -0.2) is 54.4 Å². The van der Waals surface area contributed by atoms with Crippen molar-refractivity contribution in [3.63, 3.8) is 0 Å². The number of rotatable bonds is 3. The standard InChI is InChI=1S/C19H23N5O2/c1-2-23-13-15(11-21-23)19(26)22-8-5-16(18(25)6-9-22)24-10-4-14-3-7-20-12-17(14)24/h3-4,7,10-13,16,18,25H,2,5-6,8-9H2,1H3/t16-,18-/m0/s1. The molecule has 1 aliphatic heterocycles. The van der Waals surface area contributed by atoms with Gasteiger partial charge in [0.2, 0.25) is 0 Å². The third-order valence-electron chi connectivity index (χ3n) is 5.21. The van der Waals surface area contributed by atoms with Crippen molar-refractivity contribution in [2.24, 2.45) is 0 Å². The zero-order valence-electron chi connectivity index (χ0n) is 14.8. The highest BCUT2D eigenvalue weighted by Crippen LogP contribution is 2.28. The molecule has 7 heteroatoms. The molecule has 0 saturated carbocycles. The molecule has 2 atom stereocenters. The average molecular weight is 353 g/mol.